The van der Waals surface area contributed by atoms with Gasteiger partial charge in [-0.25, -0.2) is 4.79 Å². The fourth-order valence-electron chi connectivity index (χ4n) is 3.81. The van der Waals surface area contributed by atoms with Crippen molar-refractivity contribution in [3.63, 3.8) is 0 Å². The lowest BCUT2D eigenvalue weighted by atomic mass is 9.91. The molecule has 1 aromatic rings. The molecule has 2 atom stereocenters. The highest BCUT2D eigenvalue weighted by atomic mass is 16.5. The highest BCUT2D eigenvalue weighted by Crippen LogP contribution is 2.35. The minimum atomic E-state index is -0.361. The number of hydrogen-bond acceptors (Lipinski definition) is 4. The van der Waals surface area contributed by atoms with Gasteiger partial charge in [0.05, 0.1) is 13.2 Å². The average Bonchev–Trinajstić information content (AvgIpc) is 2.76. The molecule has 0 spiro atoms. The van der Waals surface area contributed by atoms with E-state index in [4.69, 9.17) is 9.47 Å². The van der Waals surface area contributed by atoms with Crippen LogP contribution < -0.4 is 9.47 Å². The van der Waals surface area contributed by atoms with E-state index in [1.165, 1.54) is 4.90 Å². The summed E-state index contributed by atoms with van der Waals surface area (Å²) in [7, 11) is 1.62. The van der Waals surface area contributed by atoms with Gasteiger partial charge in [0.2, 0.25) is 0 Å². The third kappa shape index (κ3) is 2.24. The molecule has 128 valence electrons. The molecule has 2 fully saturated rings. The highest BCUT2D eigenvalue weighted by molar-refractivity contribution is 6.04. The molecule has 6 heteroatoms. The van der Waals surface area contributed by atoms with Crippen LogP contribution in [0.5, 0.6) is 11.5 Å². The van der Waals surface area contributed by atoms with Gasteiger partial charge in [0.1, 0.15) is 24.1 Å². The first-order valence-electron chi connectivity index (χ1n) is 8.55. The Labute approximate surface area is 141 Å². The van der Waals surface area contributed by atoms with Crippen LogP contribution in [0.3, 0.4) is 0 Å². The van der Waals surface area contributed by atoms with Gasteiger partial charge < -0.3 is 14.4 Å². The van der Waals surface area contributed by atoms with Crippen molar-refractivity contribution >= 4 is 11.9 Å². The lowest BCUT2D eigenvalue weighted by Crippen LogP contribution is -2.49. The van der Waals surface area contributed by atoms with Gasteiger partial charge >= 0.3 is 6.03 Å². The zero-order valence-corrected chi connectivity index (χ0v) is 14.0. The van der Waals surface area contributed by atoms with Gasteiger partial charge in [-0.2, -0.15) is 0 Å². The first-order valence-corrected chi connectivity index (χ1v) is 8.55. The zero-order valence-electron chi connectivity index (χ0n) is 14.0. The molecule has 0 radical (unpaired) electrons. The van der Waals surface area contributed by atoms with Crippen LogP contribution in [0.4, 0.5) is 4.79 Å². The third-order valence-electron chi connectivity index (χ3n) is 5.43. The van der Waals surface area contributed by atoms with Gasteiger partial charge in [0.25, 0.3) is 5.91 Å². The average molecular weight is 330 g/mol. The summed E-state index contributed by atoms with van der Waals surface area (Å²) in [4.78, 5) is 28.7. The maximum absolute atomic E-state index is 12.8. The number of benzene rings is 1. The number of urea groups is 1. The molecule has 1 aliphatic carbocycles. The van der Waals surface area contributed by atoms with E-state index >= 15 is 0 Å². The molecule has 2 heterocycles. The molecule has 0 aromatic heterocycles. The molecule has 2 aliphatic heterocycles. The molecule has 1 aromatic carbocycles. The molecule has 2 unspecified atom stereocenters. The Hall–Kier alpha value is -2.24. The summed E-state index contributed by atoms with van der Waals surface area (Å²) in [5.41, 5.74) is 1.00. The first-order chi connectivity index (χ1) is 11.6. The Kier molecular flexibility index (Phi) is 3.62. The molecule has 3 aliphatic rings. The third-order valence-corrected chi connectivity index (χ3v) is 5.43. The molecule has 0 N–H and O–H groups in total. The van der Waals surface area contributed by atoms with E-state index in [0.717, 1.165) is 36.3 Å². The molecule has 0 bridgehead atoms. The Balaban J connectivity index is 1.55. The number of rotatable bonds is 3. The standard InChI is InChI=1S/C18H22N2O4/c1-11-17(21)20(18(22)19(11)13-4-3-5-13)14-8-12-6-7-15(23-2)9-16(12)24-10-14/h6-7,9,11,13-14H,3-5,8,10H2,1-2H3. The zero-order chi connectivity index (χ0) is 16.8. The number of carbonyl (C=O) groups excluding carboxylic acids is 2. The van der Waals surface area contributed by atoms with Crippen molar-refractivity contribution in [1.29, 1.82) is 0 Å². The number of hydrogen-bond donors (Lipinski definition) is 0. The van der Waals surface area contributed by atoms with E-state index in [1.54, 1.807) is 12.0 Å². The second kappa shape index (κ2) is 5.69. The van der Waals surface area contributed by atoms with E-state index in [1.807, 2.05) is 25.1 Å². The first kappa shape index (κ1) is 15.3. The maximum atomic E-state index is 12.8. The van der Waals surface area contributed by atoms with Crippen LogP contribution >= 0.6 is 0 Å². The summed E-state index contributed by atoms with van der Waals surface area (Å²) in [5.74, 6) is 1.41. The largest absolute Gasteiger partial charge is 0.497 e. The summed E-state index contributed by atoms with van der Waals surface area (Å²) in [6.07, 6.45) is 3.77. The summed E-state index contributed by atoms with van der Waals surface area (Å²) in [6.45, 7) is 2.17. The van der Waals surface area contributed by atoms with E-state index in [9.17, 15) is 9.59 Å². The van der Waals surface area contributed by atoms with E-state index in [0.29, 0.717) is 13.0 Å². The minimum Gasteiger partial charge on any atom is -0.497 e. The van der Waals surface area contributed by atoms with Crippen LogP contribution in [-0.2, 0) is 11.2 Å². The molecular weight excluding hydrogens is 308 g/mol. The van der Waals surface area contributed by atoms with Crippen molar-refractivity contribution in [2.45, 2.75) is 50.7 Å². The number of carbonyl (C=O) groups is 2. The fourth-order valence-corrected chi connectivity index (χ4v) is 3.81. The van der Waals surface area contributed by atoms with Crippen molar-refractivity contribution in [3.8, 4) is 11.5 Å². The molecule has 4 rings (SSSR count). The van der Waals surface area contributed by atoms with Gasteiger partial charge in [-0.05, 0) is 37.8 Å². The fraction of sp³-hybridized carbons (Fsp3) is 0.556. The van der Waals surface area contributed by atoms with E-state index in [2.05, 4.69) is 0 Å². The molecular formula is C18H22N2O4. The second-order valence-electron chi connectivity index (χ2n) is 6.80. The van der Waals surface area contributed by atoms with Crippen LogP contribution in [0.1, 0.15) is 31.7 Å². The Morgan fingerprint density at radius 2 is 2.00 bits per heavy atom. The van der Waals surface area contributed by atoms with E-state index in [-0.39, 0.29) is 30.1 Å². The highest BCUT2D eigenvalue weighted by Gasteiger charge is 2.50. The lowest BCUT2D eigenvalue weighted by molar-refractivity contribution is -0.130. The van der Waals surface area contributed by atoms with Gasteiger partial charge in [-0.1, -0.05) is 6.07 Å². The Morgan fingerprint density at radius 1 is 1.21 bits per heavy atom. The molecule has 3 amide bonds. The predicted octanol–water partition coefficient (Wildman–Crippen LogP) is 2.20. The molecule has 1 saturated carbocycles. The monoisotopic (exact) mass is 330 g/mol. The topological polar surface area (TPSA) is 59.1 Å². The van der Waals surface area contributed by atoms with Gasteiger partial charge in [0, 0.05) is 18.5 Å². The van der Waals surface area contributed by atoms with Gasteiger partial charge in [-0.3, -0.25) is 9.69 Å². The normalized spacial score (nSPS) is 26.9. The van der Waals surface area contributed by atoms with Crippen LogP contribution in [0.2, 0.25) is 0 Å². The summed E-state index contributed by atoms with van der Waals surface area (Å²) < 4.78 is 11.0. The van der Waals surface area contributed by atoms with Crippen molar-refractivity contribution < 1.29 is 19.1 Å². The maximum Gasteiger partial charge on any atom is 0.328 e. The summed E-state index contributed by atoms with van der Waals surface area (Å²) >= 11 is 0. The lowest BCUT2D eigenvalue weighted by Gasteiger charge is -2.36. The van der Waals surface area contributed by atoms with Crippen LogP contribution in [0.15, 0.2) is 18.2 Å². The van der Waals surface area contributed by atoms with Crippen LogP contribution in [0, 0.1) is 0 Å². The predicted molar refractivity (Wildman–Crippen MR) is 87.2 cm³/mol. The molecule has 1 saturated heterocycles. The number of fused-ring (bicyclic) bond motifs is 1. The molecule has 24 heavy (non-hydrogen) atoms. The second-order valence-corrected chi connectivity index (χ2v) is 6.80. The quantitative estimate of drug-likeness (QED) is 0.797. The SMILES string of the molecule is COc1ccc2c(c1)OCC(N1C(=O)C(C)N(C3CCC3)C1=O)C2. The van der Waals surface area contributed by atoms with Gasteiger partial charge in [-0.15, -0.1) is 0 Å². The van der Waals surface area contributed by atoms with Crippen molar-refractivity contribution in [1.82, 2.24) is 9.80 Å². The summed E-state index contributed by atoms with van der Waals surface area (Å²) in [6, 6.07) is 5.14. The van der Waals surface area contributed by atoms with Crippen LogP contribution in [0.25, 0.3) is 0 Å². The number of imide groups is 1. The van der Waals surface area contributed by atoms with Crippen molar-refractivity contribution in [2.75, 3.05) is 13.7 Å². The van der Waals surface area contributed by atoms with E-state index < -0.39 is 0 Å². The Morgan fingerprint density at radius 3 is 2.67 bits per heavy atom. The summed E-state index contributed by atoms with van der Waals surface area (Å²) in [5, 5.41) is 0. The van der Waals surface area contributed by atoms with Crippen LogP contribution in [-0.4, -0.2) is 53.6 Å². The smallest absolute Gasteiger partial charge is 0.328 e. The molecule has 6 nitrogen and oxygen atoms in total. The number of amides is 3. The number of methoxy groups -OCH3 is 1. The number of ether oxygens (including phenoxy) is 2. The number of nitrogens with zero attached hydrogens (tertiary/aromatic N) is 2. The van der Waals surface area contributed by atoms with Crippen molar-refractivity contribution in [2.24, 2.45) is 0 Å². The Bertz CT molecular complexity index is 686. The van der Waals surface area contributed by atoms with Gasteiger partial charge in [0.15, 0.2) is 0 Å². The van der Waals surface area contributed by atoms with Crippen molar-refractivity contribution in [3.05, 3.63) is 23.8 Å². The minimum absolute atomic E-state index is 0.0996.